The standard InChI is InChI=1S/C20H34N6O/c1-24(2)20(19-21-22-23-26(19)17-10-6-7-11-17)12-13-25(15-20)18(27)14-16-8-4-3-5-9-16/h16-17H,3-15H2,1-2H3. The zero-order valence-electron chi connectivity index (χ0n) is 16.9. The molecule has 1 saturated heterocycles. The molecule has 1 aromatic heterocycles. The van der Waals surface area contributed by atoms with Gasteiger partial charge in [0.25, 0.3) is 0 Å². The lowest BCUT2D eigenvalue weighted by atomic mass is 9.86. The molecule has 3 fully saturated rings. The minimum absolute atomic E-state index is 0.270. The lowest BCUT2D eigenvalue weighted by Crippen LogP contribution is -2.47. The first-order valence-electron chi connectivity index (χ1n) is 10.8. The van der Waals surface area contributed by atoms with Crippen molar-refractivity contribution in [2.24, 2.45) is 5.92 Å². The molecule has 150 valence electrons. The van der Waals surface area contributed by atoms with Crippen LogP contribution in [-0.4, -0.2) is 63.1 Å². The molecule has 1 amide bonds. The van der Waals surface area contributed by atoms with E-state index in [1.165, 1.54) is 44.9 Å². The molecule has 2 heterocycles. The summed E-state index contributed by atoms with van der Waals surface area (Å²) in [6, 6.07) is 0.416. The average Bonchev–Trinajstić information content (AvgIpc) is 3.41. The summed E-state index contributed by atoms with van der Waals surface area (Å²) in [5.74, 6) is 1.86. The molecule has 0 bridgehead atoms. The molecule has 4 rings (SSSR count). The number of amides is 1. The van der Waals surface area contributed by atoms with Gasteiger partial charge in [-0.05, 0) is 62.5 Å². The lowest BCUT2D eigenvalue weighted by molar-refractivity contribution is -0.132. The number of hydrogen-bond donors (Lipinski definition) is 0. The third kappa shape index (κ3) is 3.62. The summed E-state index contributed by atoms with van der Waals surface area (Å²) in [7, 11) is 4.20. The molecule has 0 N–H and O–H groups in total. The van der Waals surface area contributed by atoms with Crippen molar-refractivity contribution >= 4 is 5.91 Å². The second kappa shape index (κ2) is 7.86. The van der Waals surface area contributed by atoms with E-state index in [9.17, 15) is 4.79 Å². The van der Waals surface area contributed by atoms with E-state index in [1.807, 2.05) is 0 Å². The summed E-state index contributed by atoms with van der Waals surface area (Å²) >= 11 is 0. The Kier molecular flexibility index (Phi) is 5.48. The van der Waals surface area contributed by atoms with E-state index in [-0.39, 0.29) is 5.54 Å². The molecule has 2 aliphatic carbocycles. The van der Waals surface area contributed by atoms with Crippen LogP contribution in [0.5, 0.6) is 0 Å². The summed E-state index contributed by atoms with van der Waals surface area (Å²) in [4.78, 5) is 17.3. The van der Waals surface area contributed by atoms with Crippen LogP contribution in [0.25, 0.3) is 0 Å². The van der Waals surface area contributed by atoms with Crippen molar-refractivity contribution in [3.05, 3.63) is 5.82 Å². The molecule has 1 atom stereocenters. The van der Waals surface area contributed by atoms with Crippen LogP contribution in [0, 0.1) is 5.92 Å². The van der Waals surface area contributed by atoms with Crippen LogP contribution >= 0.6 is 0 Å². The van der Waals surface area contributed by atoms with Gasteiger partial charge < -0.3 is 4.90 Å². The molecule has 0 radical (unpaired) electrons. The molecule has 1 aliphatic heterocycles. The highest BCUT2D eigenvalue weighted by molar-refractivity contribution is 5.77. The fraction of sp³-hybridized carbons (Fsp3) is 0.900. The third-order valence-electron chi connectivity index (χ3n) is 7.22. The van der Waals surface area contributed by atoms with Crippen LogP contribution in [0.4, 0.5) is 0 Å². The average molecular weight is 375 g/mol. The SMILES string of the molecule is CN(C)C1(c2nnnn2C2CCCC2)CCN(C(=O)CC2CCCCC2)C1. The Labute approximate surface area is 162 Å². The minimum atomic E-state index is -0.270. The van der Waals surface area contributed by atoms with Crippen molar-refractivity contribution in [2.75, 3.05) is 27.2 Å². The molecule has 1 aromatic rings. The van der Waals surface area contributed by atoms with Gasteiger partial charge >= 0.3 is 0 Å². The number of likely N-dealkylation sites (tertiary alicyclic amines) is 1. The van der Waals surface area contributed by atoms with Gasteiger partial charge in [-0.1, -0.05) is 32.1 Å². The van der Waals surface area contributed by atoms with Crippen molar-refractivity contribution in [2.45, 2.75) is 82.2 Å². The molecule has 7 heteroatoms. The zero-order valence-corrected chi connectivity index (χ0v) is 16.9. The van der Waals surface area contributed by atoms with Gasteiger partial charge in [0.2, 0.25) is 5.91 Å². The first kappa shape index (κ1) is 18.8. The number of tetrazole rings is 1. The Morgan fingerprint density at radius 3 is 2.52 bits per heavy atom. The predicted molar refractivity (Wildman–Crippen MR) is 103 cm³/mol. The molecule has 7 nitrogen and oxygen atoms in total. The Morgan fingerprint density at radius 2 is 1.81 bits per heavy atom. The molecule has 3 aliphatic rings. The van der Waals surface area contributed by atoms with Gasteiger partial charge in [0.05, 0.1) is 6.04 Å². The van der Waals surface area contributed by atoms with E-state index in [4.69, 9.17) is 0 Å². The Hall–Kier alpha value is -1.50. The summed E-state index contributed by atoms with van der Waals surface area (Å²) in [6.07, 6.45) is 12.8. The number of aromatic nitrogens is 4. The largest absolute Gasteiger partial charge is 0.340 e. The van der Waals surface area contributed by atoms with Gasteiger partial charge in [-0.2, -0.15) is 0 Å². The second-order valence-corrected chi connectivity index (χ2v) is 9.08. The number of nitrogens with zero attached hydrogens (tertiary/aromatic N) is 6. The first-order chi connectivity index (χ1) is 13.1. The monoisotopic (exact) mass is 374 g/mol. The highest BCUT2D eigenvalue weighted by atomic mass is 16.2. The first-order valence-corrected chi connectivity index (χ1v) is 10.8. The number of carbonyl (C=O) groups is 1. The smallest absolute Gasteiger partial charge is 0.222 e. The second-order valence-electron chi connectivity index (χ2n) is 9.08. The number of rotatable bonds is 5. The Morgan fingerprint density at radius 1 is 1.11 bits per heavy atom. The van der Waals surface area contributed by atoms with E-state index < -0.39 is 0 Å². The predicted octanol–water partition coefficient (Wildman–Crippen LogP) is 2.75. The summed E-state index contributed by atoms with van der Waals surface area (Å²) in [5, 5.41) is 12.9. The van der Waals surface area contributed by atoms with Crippen LogP contribution in [0.1, 0.15) is 82.5 Å². The fourth-order valence-electron chi connectivity index (χ4n) is 5.42. The maximum atomic E-state index is 13.0. The van der Waals surface area contributed by atoms with Crippen LogP contribution in [-0.2, 0) is 10.3 Å². The quantitative estimate of drug-likeness (QED) is 0.793. The van der Waals surface area contributed by atoms with Gasteiger partial charge in [0, 0.05) is 19.5 Å². The van der Waals surface area contributed by atoms with E-state index in [0.717, 1.165) is 38.1 Å². The topological polar surface area (TPSA) is 67.2 Å². The Bertz CT molecular complexity index is 647. The minimum Gasteiger partial charge on any atom is -0.340 e. The maximum absolute atomic E-state index is 13.0. The number of hydrogen-bond acceptors (Lipinski definition) is 5. The molecule has 1 unspecified atom stereocenters. The molecule has 2 saturated carbocycles. The van der Waals surface area contributed by atoms with E-state index in [0.29, 0.717) is 24.4 Å². The maximum Gasteiger partial charge on any atom is 0.222 e. The van der Waals surface area contributed by atoms with Crippen LogP contribution in [0.2, 0.25) is 0 Å². The summed E-state index contributed by atoms with van der Waals surface area (Å²) in [5.41, 5.74) is -0.270. The van der Waals surface area contributed by atoms with Gasteiger partial charge in [-0.15, -0.1) is 5.10 Å². The molecular formula is C20H34N6O. The van der Waals surface area contributed by atoms with Crippen LogP contribution < -0.4 is 0 Å². The van der Waals surface area contributed by atoms with Crippen LogP contribution in [0.15, 0.2) is 0 Å². The molecule has 0 aromatic carbocycles. The van der Waals surface area contributed by atoms with Gasteiger partial charge in [-0.3, -0.25) is 9.69 Å². The van der Waals surface area contributed by atoms with Gasteiger partial charge in [-0.25, -0.2) is 4.68 Å². The summed E-state index contributed by atoms with van der Waals surface area (Å²) in [6.45, 7) is 1.51. The zero-order chi connectivity index (χ0) is 18.9. The van der Waals surface area contributed by atoms with E-state index in [2.05, 4.69) is 44.1 Å². The van der Waals surface area contributed by atoms with Crippen LogP contribution in [0.3, 0.4) is 0 Å². The summed E-state index contributed by atoms with van der Waals surface area (Å²) < 4.78 is 2.07. The van der Waals surface area contributed by atoms with E-state index >= 15 is 0 Å². The van der Waals surface area contributed by atoms with Crippen molar-refractivity contribution in [1.29, 1.82) is 0 Å². The van der Waals surface area contributed by atoms with Crippen molar-refractivity contribution in [1.82, 2.24) is 30.0 Å². The highest BCUT2D eigenvalue weighted by Crippen LogP contribution is 2.39. The molecule has 27 heavy (non-hydrogen) atoms. The normalized spacial score (nSPS) is 27.7. The van der Waals surface area contributed by atoms with E-state index in [1.54, 1.807) is 0 Å². The van der Waals surface area contributed by atoms with Gasteiger partial charge in [0.15, 0.2) is 5.82 Å². The fourth-order valence-corrected chi connectivity index (χ4v) is 5.42. The van der Waals surface area contributed by atoms with Gasteiger partial charge in [0.1, 0.15) is 5.54 Å². The molecular weight excluding hydrogens is 340 g/mol. The van der Waals surface area contributed by atoms with Crippen molar-refractivity contribution in [3.8, 4) is 0 Å². The van der Waals surface area contributed by atoms with Crippen molar-refractivity contribution < 1.29 is 4.79 Å². The number of carbonyl (C=O) groups excluding carboxylic acids is 1. The number of likely N-dealkylation sites (N-methyl/N-ethyl adjacent to an activating group) is 1. The molecule has 0 spiro atoms. The van der Waals surface area contributed by atoms with Crippen molar-refractivity contribution in [3.63, 3.8) is 0 Å². The Balaban J connectivity index is 1.50. The third-order valence-corrected chi connectivity index (χ3v) is 7.22. The lowest BCUT2D eigenvalue weighted by Gasteiger charge is -2.35. The highest BCUT2D eigenvalue weighted by Gasteiger charge is 2.48.